The van der Waals surface area contributed by atoms with Crippen molar-refractivity contribution in [2.45, 2.75) is 46.1 Å². The van der Waals surface area contributed by atoms with E-state index in [4.69, 9.17) is 0 Å². The molecule has 0 atom stereocenters. The van der Waals surface area contributed by atoms with Crippen molar-refractivity contribution < 1.29 is 0 Å². The van der Waals surface area contributed by atoms with Crippen LogP contribution in [0.25, 0.3) is 11.5 Å². The van der Waals surface area contributed by atoms with E-state index in [0.29, 0.717) is 6.04 Å². The Bertz CT molecular complexity index is 520. The Kier molecular flexibility index (Phi) is 3.20. The molecule has 0 aliphatic rings. The average molecular weight is 244 g/mol. The zero-order valence-corrected chi connectivity index (χ0v) is 11.7. The third kappa shape index (κ3) is 2.28. The lowest BCUT2D eigenvalue weighted by molar-refractivity contribution is 0.471. The quantitative estimate of drug-likeness (QED) is 0.814. The fourth-order valence-electron chi connectivity index (χ4n) is 2.04. The minimum absolute atomic E-state index is 0.0112. The van der Waals surface area contributed by atoms with Crippen molar-refractivity contribution in [3.8, 4) is 11.5 Å². The molecule has 0 saturated heterocycles. The third-order valence-electron chi connectivity index (χ3n) is 2.78. The van der Waals surface area contributed by atoms with E-state index in [1.165, 1.54) is 0 Å². The van der Waals surface area contributed by atoms with Gasteiger partial charge in [-0.25, -0.2) is 15.0 Å². The molecule has 2 aromatic rings. The highest BCUT2D eigenvalue weighted by molar-refractivity contribution is 5.49. The van der Waals surface area contributed by atoms with Crippen LogP contribution in [0.2, 0.25) is 0 Å². The van der Waals surface area contributed by atoms with Gasteiger partial charge >= 0.3 is 0 Å². The molecule has 0 N–H and O–H groups in total. The molecule has 0 aromatic carbocycles. The minimum Gasteiger partial charge on any atom is -0.322 e. The maximum absolute atomic E-state index is 4.57. The van der Waals surface area contributed by atoms with Gasteiger partial charge in [-0.3, -0.25) is 0 Å². The lowest BCUT2D eigenvalue weighted by Gasteiger charge is -2.23. The Labute approximate surface area is 108 Å². The molecule has 0 amide bonds. The van der Waals surface area contributed by atoms with Crippen LogP contribution < -0.4 is 0 Å². The number of aromatic nitrogens is 4. The van der Waals surface area contributed by atoms with Gasteiger partial charge in [0.05, 0.1) is 6.20 Å². The zero-order valence-electron chi connectivity index (χ0n) is 11.7. The Hall–Kier alpha value is -1.71. The molecule has 4 nitrogen and oxygen atoms in total. The van der Waals surface area contributed by atoms with E-state index in [0.717, 1.165) is 17.3 Å². The minimum atomic E-state index is 0.0112. The van der Waals surface area contributed by atoms with Crippen LogP contribution in [0, 0.1) is 0 Å². The van der Waals surface area contributed by atoms with Gasteiger partial charge in [0.25, 0.3) is 0 Å². The van der Waals surface area contributed by atoms with Gasteiger partial charge in [-0.05, 0) is 19.9 Å². The van der Waals surface area contributed by atoms with Gasteiger partial charge in [-0.2, -0.15) is 0 Å². The number of hydrogen-bond acceptors (Lipinski definition) is 3. The maximum Gasteiger partial charge on any atom is 0.177 e. The van der Waals surface area contributed by atoms with Crippen LogP contribution in [-0.4, -0.2) is 19.5 Å². The molecule has 0 fully saturated rings. The highest BCUT2D eigenvalue weighted by Crippen LogP contribution is 2.29. The topological polar surface area (TPSA) is 43.6 Å². The van der Waals surface area contributed by atoms with Crippen molar-refractivity contribution in [1.82, 2.24) is 19.5 Å². The summed E-state index contributed by atoms with van der Waals surface area (Å²) in [6.45, 7) is 10.8. The summed E-state index contributed by atoms with van der Waals surface area (Å²) in [7, 11) is 0. The fourth-order valence-corrected chi connectivity index (χ4v) is 2.04. The predicted molar refractivity (Wildman–Crippen MR) is 72.3 cm³/mol. The average Bonchev–Trinajstić information content (AvgIpc) is 2.74. The molecule has 0 unspecified atom stereocenters. The van der Waals surface area contributed by atoms with Crippen molar-refractivity contribution in [3.63, 3.8) is 0 Å². The Balaban J connectivity index is 2.60. The third-order valence-corrected chi connectivity index (χ3v) is 2.78. The summed E-state index contributed by atoms with van der Waals surface area (Å²) in [5.74, 6) is 1.80. The summed E-state index contributed by atoms with van der Waals surface area (Å²) in [6.07, 6.45) is 5.39. The first-order valence-corrected chi connectivity index (χ1v) is 6.26. The van der Waals surface area contributed by atoms with Crippen molar-refractivity contribution in [2.75, 3.05) is 0 Å². The van der Waals surface area contributed by atoms with Crippen molar-refractivity contribution in [3.05, 3.63) is 30.5 Å². The molecule has 0 saturated carbocycles. The molecule has 18 heavy (non-hydrogen) atoms. The van der Waals surface area contributed by atoms with E-state index >= 15 is 0 Å². The van der Waals surface area contributed by atoms with Gasteiger partial charge < -0.3 is 4.57 Å². The Morgan fingerprint density at radius 3 is 2.17 bits per heavy atom. The maximum atomic E-state index is 4.57. The van der Waals surface area contributed by atoms with E-state index in [9.17, 15) is 0 Å². The second kappa shape index (κ2) is 4.52. The molecule has 96 valence electrons. The van der Waals surface area contributed by atoms with E-state index in [1.807, 2.05) is 12.3 Å². The summed E-state index contributed by atoms with van der Waals surface area (Å²) in [4.78, 5) is 13.2. The van der Waals surface area contributed by atoms with Crippen LogP contribution in [0.3, 0.4) is 0 Å². The molecule has 0 spiro atoms. The first-order chi connectivity index (χ1) is 8.41. The highest BCUT2D eigenvalue weighted by atomic mass is 15.1. The van der Waals surface area contributed by atoms with Crippen molar-refractivity contribution >= 4 is 0 Å². The van der Waals surface area contributed by atoms with Gasteiger partial charge in [0.1, 0.15) is 11.5 Å². The molecule has 0 aliphatic carbocycles. The summed E-state index contributed by atoms with van der Waals surface area (Å²) in [5, 5.41) is 0. The summed E-state index contributed by atoms with van der Waals surface area (Å²) < 4.78 is 2.22. The normalized spacial score (nSPS) is 12.1. The van der Waals surface area contributed by atoms with Crippen LogP contribution in [0.15, 0.2) is 24.7 Å². The first kappa shape index (κ1) is 12.7. The van der Waals surface area contributed by atoms with Crippen LogP contribution in [0.1, 0.15) is 46.5 Å². The molecule has 0 radical (unpaired) electrons. The monoisotopic (exact) mass is 244 g/mol. The Morgan fingerprint density at radius 2 is 1.67 bits per heavy atom. The largest absolute Gasteiger partial charge is 0.322 e. The van der Waals surface area contributed by atoms with E-state index in [1.54, 1.807) is 12.4 Å². The van der Waals surface area contributed by atoms with Crippen LogP contribution in [0.5, 0.6) is 0 Å². The molecule has 4 heteroatoms. The number of imidazole rings is 1. The van der Waals surface area contributed by atoms with Gasteiger partial charge in [-0.15, -0.1) is 0 Å². The molecule has 2 rings (SSSR count). The summed E-state index contributed by atoms with van der Waals surface area (Å²) in [6, 6.07) is 2.16. The smallest absolute Gasteiger partial charge is 0.177 e. The van der Waals surface area contributed by atoms with Crippen LogP contribution >= 0.6 is 0 Å². The molecule has 2 heterocycles. The standard InChI is InChI=1S/C14H20N4/c1-10(2)18-11(12-15-7-6-8-16-12)9-17-13(18)14(3,4)5/h6-10H,1-5H3. The van der Waals surface area contributed by atoms with Crippen LogP contribution in [0.4, 0.5) is 0 Å². The summed E-state index contributed by atoms with van der Waals surface area (Å²) in [5.41, 5.74) is 0.993. The Morgan fingerprint density at radius 1 is 1.06 bits per heavy atom. The van der Waals surface area contributed by atoms with E-state index in [-0.39, 0.29) is 5.41 Å². The van der Waals surface area contributed by atoms with Crippen molar-refractivity contribution in [1.29, 1.82) is 0 Å². The molecule has 2 aromatic heterocycles. The van der Waals surface area contributed by atoms with Gasteiger partial charge in [0.15, 0.2) is 5.82 Å². The molecule has 0 aliphatic heterocycles. The zero-order chi connectivity index (χ0) is 13.3. The summed E-state index contributed by atoms with van der Waals surface area (Å²) >= 11 is 0. The van der Waals surface area contributed by atoms with Crippen molar-refractivity contribution in [2.24, 2.45) is 0 Å². The molecular weight excluding hydrogens is 224 g/mol. The van der Waals surface area contributed by atoms with Gasteiger partial charge in [-0.1, -0.05) is 20.8 Å². The molecular formula is C14H20N4. The van der Waals surface area contributed by atoms with Gasteiger partial charge in [0.2, 0.25) is 0 Å². The predicted octanol–water partition coefficient (Wildman–Crippen LogP) is 3.22. The lowest BCUT2D eigenvalue weighted by atomic mass is 9.95. The lowest BCUT2D eigenvalue weighted by Crippen LogP contribution is -2.21. The second-order valence-corrected chi connectivity index (χ2v) is 5.75. The van der Waals surface area contributed by atoms with E-state index in [2.05, 4.69) is 54.1 Å². The fraction of sp³-hybridized carbons (Fsp3) is 0.500. The van der Waals surface area contributed by atoms with Gasteiger partial charge in [0, 0.05) is 23.9 Å². The number of hydrogen-bond donors (Lipinski definition) is 0. The number of nitrogens with zero attached hydrogens (tertiary/aromatic N) is 4. The van der Waals surface area contributed by atoms with E-state index < -0.39 is 0 Å². The SMILES string of the molecule is CC(C)n1c(-c2ncccn2)cnc1C(C)(C)C. The second-order valence-electron chi connectivity index (χ2n) is 5.75. The molecule has 0 bridgehead atoms. The number of rotatable bonds is 2. The first-order valence-electron chi connectivity index (χ1n) is 6.26. The van der Waals surface area contributed by atoms with Crippen LogP contribution in [-0.2, 0) is 5.41 Å². The highest BCUT2D eigenvalue weighted by Gasteiger charge is 2.24.